The van der Waals surface area contributed by atoms with Crippen molar-refractivity contribution in [1.29, 1.82) is 0 Å². The van der Waals surface area contributed by atoms with Crippen LogP contribution in [0.3, 0.4) is 0 Å². The van der Waals surface area contributed by atoms with Crippen molar-refractivity contribution in [3.63, 3.8) is 0 Å². The minimum absolute atomic E-state index is 0.0179. The van der Waals surface area contributed by atoms with Crippen LogP contribution >= 0.6 is 0 Å². The molecule has 1 N–H and O–H groups in total. The van der Waals surface area contributed by atoms with Gasteiger partial charge in [0.05, 0.1) is 6.10 Å². The van der Waals surface area contributed by atoms with Gasteiger partial charge in [-0.05, 0) is 24.5 Å². The Hall–Kier alpha value is -2.28. The summed E-state index contributed by atoms with van der Waals surface area (Å²) in [5, 5.41) is 22.0. The second kappa shape index (κ2) is 8.01. The predicted octanol–water partition coefficient (Wildman–Crippen LogP) is 1.77. The molecule has 1 aromatic heterocycles. The number of aliphatic hydroxyl groups excluding tert-OH is 1. The average molecular weight is 331 g/mol. The van der Waals surface area contributed by atoms with Gasteiger partial charge in [-0.15, -0.1) is 10.2 Å². The molecule has 0 aliphatic rings. The second-order valence-corrected chi connectivity index (χ2v) is 6.39. The molecule has 2 aromatic rings. The maximum Gasteiger partial charge on any atom is 0.249 e. The van der Waals surface area contributed by atoms with E-state index < -0.39 is 12.1 Å². The summed E-state index contributed by atoms with van der Waals surface area (Å²) in [7, 11) is 1.73. The summed E-state index contributed by atoms with van der Waals surface area (Å²) in [6.45, 7) is 6.11. The van der Waals surface area contributed by atoms with E-state index in [2.05, 4.69) is 15.4 Å². The molecule has 2 unspecified atom stereocenters. The van der Waals surface area contributed by atoms with Gasteiger partial charge in [0.25, 0.3) is 0 Å². The molecule has 1 heterocycles. The Kier molecular flexibility index (Phi) is 6.03. The van der Waals surface area contributed by atoms with Crippen LogP contribution in [0.15, 0.2) is 30.3 Å². The first-order valence-corrected chi connectivity index (χ1v) is 8.18. The summed E-state index contributed by atoms with van der Waals surface area (Å²) >= 11 is 0. The molecule has 0 saturated carbocycles. The lowest BCUT2D eigenvalue weighted by molar-refractivity contribution is -0.135. The number of tetrazole rings is 1. The number of benzene rings is 1. The van der Waals surface area contributed by atoms with Crippen LogP contribution in [0.25, 0.3) is 11.4 Å². The van der Waals surface area contributed by atoms with Crippen molar-refractivity contribution in [1.82, 2.24) is 25.1 Å². The molecule has 0 spiro atoms. The number of hydrogen-bond acceptors (Lipinski definition) is 5. The molecule has 0 saturated heterocycles. The van der Waals surface area contributed by atoms with Gasteiger partial charge < -0.3 is 10.0 Å². The van der Waals surface area contributed by atoms with Crippen LogP contribution in [0, 0.1) is 5.92 Å². The second-order valence-electron chi connectivity index (χ2n) is 6.39. The first-order chi connectivity index (χ1) is 11.4. The first-order valence-electron chi connectivity index (χ1n) is 8.18. The standard InChI is InChI=1S/C17H25N5O2/c1-12(2)15(17(24)21(4)11-10-13(3)23)22-19-16(18-20-22)14-8-6-5-7-9-14/h5-9,12-13,15,23H,10-11H2,1-4H3. The Labute approximate surface area is 142 Å². The molecule has 2 atom stereocenters. The largest absolute Gasteiger partial charge is 0.393 e. The third kappa shape index (κ3) is 4.38. The van der Waals surface area contributed by atoms with Gasteiger partial charge in [-0.1, -0.05) is 44.2 Å². The smallest absolute Gasteiger partial charge is 0.249 e. The van der Waals surface area contributed by atoms with Crippen LogP contribution in [0.4, 0.5) is 0 Å². The van der Waals surface area contributed by atoms with Crippen molar-refractivity contribution >= 4 is 5.91 Å². The van der Waals surface area contributed by atoms with Crippen molar-refractivity contribution < 1.29 is 9.90 Å². The SMILES string of the molecule is CC(O)CCN(C)C(=O)C(C(C)C)n1nnc(-c2ccccc2)n1. The van der Waals surface area contributed by atoms with E-state index in [0.29, 0.717) is 18.8 Å². The fourth-order valence-electron chi connectivity index (χ4n) is 2.41. The zero-order valence-corrected chi connectivity index (χ0v) is 14.6. The maximum atomic E-state index is 12.8. The Morgan fingerprint density at radius 1 is 1.25 bits per heavy atom. The van der Waals surface area contributed by atoms with Crippen molar-refractivity contribution in [2.24, 2.45) is 5.92 Å². The van der Waals surface area contributed by atoms with Crippen molar-refractivity contribution in [2.45, 2.75) is 39.3 Å². The molecule has 7 heteroatoms. The van der Waals surface area contributed by atoms with Crippen molar-refractivity contribution in [2.75, 3.05) is 13.6 Å². The Morgan fingerprint density at radius 3 is 2.50 bits per heavy atom. The van der Waals surface area contributed by atoms with Gasteiger partial charge in [0.15, 0.2) is 6.04 Å². The third-order valence-corrected chi connectivity index (χ3v) is 3.85. The summed E-state index contributed by atoms with van der Waals surface area (Å²) < 4.78 is 0. The van der Waals surface area contributed by atoms with E-state index in [1.807, 2.05) is 44.2 Å². The fraction of sp³-hybridized carbons (Fsp3) is 0.529. The highest BCUT2D eigenvalue weighted by Gasteiger charge is 2.29. The summed E-state index contributed by atoms with van der Waals surface area (Å²) in [6.07, 6.45) is 0.0968. The van der Waals surface area contributed by atoms with E-state index in [1.54, 1.807) is 18.9 Å². The molecular formula is C17H25N5O2. The average Bonchev–Trinajstić information content (AvgIpc) is 3.02. The van der Waals surface area contributed by atoms with Gasteiger partial charge in [-0.3, -0.25) is 4.79 Å². The summed E-state index contributed by atoms with van der Waals surface area (Å²) in [5.74, 6) is 0.438. The van der Waals surface area contributed by atoms with Gasteiger partial charge in [-0.25, -0.2) is 0 Å². The van der Waals surface area contributed by atoms with E-state index in [4.69, 9.17) is 0 Å². The van der Waals surface area contributed by atoms with Crippen LogP contribution in [-0.4, -0.2) is 55.8 Å². The van der Waals surface area contributed by atoms with Crippen molar-refractivity contribution in [3.05, 3.63) is 30.3 Å². The lowest BCUT2D eigenvalue weighted by Gasteiger charge is -2.25. The number of amides is 1. The van der Waals surface area contributed by atoms with E-state index in [-0.39, 0.29) is 11.8 Å². The molecule has 0 radical (unpaired) electrons. The normalized spacial score (nSPS) is 13.8. The van der Waals surface area contributed by atoms with Gasteiger partial charge in [0.1, 0.15) is 0 Å². The van der Waals surface area contributed by atoms with E-state index >= 15 is 0 Å². The van der Waals surface area contributed by atoms with Gasteiger partial charge >= 0.3 is 0 Å². The molecule has 1 aromatic carbocycles. The molecule has 130 valence electrons. The number of aromatic nitrogens is 4. The van der Waals surface area contributed by atoms with E-state index in [0.717, 1.165) is 5.56 Å². The minimum atomic E-state index is -0.519. The molecule has 0 bridgehead atoms. The van der Waals surface area contributed by atoms with Crippen LogP contribution in [0.5, 0.6) is 0 Å². The summed E-state index contributed by atoms with van der Waals surface area (Å²) in [4.78, 5) is 15.8. The molecule has 2 rings (SSSR count). The maximum absolute atomic E-state index is 12.8. The lowest BCUT2D eigenvalue weighted by Crippen LogP contribution is -2.39. The topological polar surface area (TPSA) is 84.1 Å². The number of aliphatic hydroxyl groups is 1. The molecular weight excluding hydrogens is 306 g/mol. The quantitative estimate of drug-likeness (QED) is 0.836. The van der Waals surface area contributed by atoms with Crippen LogP contribution in [-0.2, 0) is 4.79 Å². The third-order valence-electron chi connectivity index (χ3n) is 3.85. The number of hydrogen-bond donors (Lipinski definition) is 1. The Bertz CT molecular complexity index is 654. The number of rotatable bonds is 7. The van der Waals surface area contributed by atoms with Gasteiger partial charge in [0.2, 0.25) is 11.7 Å². The van der Waals surface area contributed by atoms with Gasteiger partial charge in [0, 0.05) is 19.2 Å². The monoisotopic (exact) mass is 331 g/mol. The Morgan fingerprint density at radius 2 is 1.92 bits per heavy atom. The highest BCUT2D eigenvalue weighted by Crippen LogP contribution is 2.20. The molecule has 1 amide bonds. The highest BCUT2D eigenvalue weighted by atomic mass is 16.3. The molecule has 24 heavy (non-hydrogen) atoms. The van der Waals surface area contributed by atoms with Gasteiger partial charge in [-0.2, -0.15) is 4.80 Å². The molecule has 7 nitrogen and oxygen atoms in total. The van der Waals surface area contributed by atoms with Crippen LogP contribution in [0.2, 0.25) is 0 Å². The van der Waals surface area contributed by atoms with Crippen LogP contribution < -0.4 is 0 Å². The number of likely N-dealkylation sites (N-methyl/N-ethyl adjacent to an activating group) is 1. The number of carbonyl (C=O) groups excluding carboxylic acids is 1. The molecule has 0 aliphatic carbocycles. The lowest BCUT2D eigenvalue weighted by atomic mass is 10.0. The van der Waals surface area contributed by atoms with E-state index in [1.165, 1.54) is 4.80 Å². The number of carbonyl (C=O) groups is 1. The number of nitrogens with zero attached hydrogens (tertiary/aromatic N) is 5. The summed E-state index contributed by atoms with van der Waals surface area (Å²) in [6, 6.07) is 9.03. The van der Waals surface area contributed by atoms with Crippen molar-refractivity contribution in [3.8, 4) is 11.4 Å². The fourth-order valence-corrected chi connectivity index (χ4v) is 2.41. The van der Waals surface area contributed by atoms with Crippen LogP contribution in [0.1, 0.15) is 33.2 Å². The summed E-state index contributed by atoms with van der Waals surface area (Å²) in [5.41, 5.74) is 0.862. The Balaban J connectivity index is 2.19. The first kappa shape index (κ1) is 18.1. The minimum Gasteiger partial charge on any atom is -0.393 e. The molecule has 0 aliphatic heterocycles. The molecule has 0 fully saturated rings. The van der Waals surface area contributed by atoms with E-state index in [9.17, 15) is 9.90 Å². The zero-order valence-electron chi connectivity index (χ0n) is 14.6. The zero-order chi connectivity index (χ0) is 17.7. The highest BCUT2D eigenvalue weighted by molar-refractivity contribution is 5.80. The predicted molar refractivity (Wildman–Crippen MR) is 91.1 cm³/mol.